The summed E-state index contributed by atoms with van der Waals surface area (Å²) in [7, 11) is 0. The van der Waals surface area contributed by atoms with Crippen LogP contribution in [0.25, 0.3) is 0 Å². The number of rotatable bonds is 3. The molecule has 60 valence electrons. The molecule has 0 aromatic carbocycles. The van der Waals surface area contributed by atoms with Gasteiger partial charge < -0.3 is 0 Å². The average molecular weight is 140 g/mol. The van der Waals surface area contributed by atoms with Gasteiger partial charge in [-0.25, -0.2) is 0 Å². The maximum Gasteiger partial charge on any atom is -0.0328 e. The monoisotopic (exact) mass is 140 g/mol. The second kappa shape index (κ2) is 11.3. The fourth-order valence-electron chi connectivity index (χ4n) is 0.451. The summed E-state index contributed by atoms with van der Waals surface area (Å²) >= 11 is 0. The van der Waals surface area contributed by atoms with Gasteiger partial charge in [-0.2, -0.15) is 0 Å². The minimum atomic E-state index is 0.831. The summed E-state index contributed by atoms with van der Waals surface area (Å²) in [5.41, 5.74) is 0. The van der Waals surface area contributed by atoms with Gasteiger partial charge in [-0.1, -0.05) is 32.4 Å². The van der Waals surface area contributed by atoms with Crippen LogP contribution in [0.5, 0.6) is 0 Å². The Kier molecular flexibility index (Phi) is 13.8. The van der Waals surface area contributed by atoms with Crippen LogP contribution in [0.3, 0.4) is 0 Å². The van der Waals surface area contributed by atoms with Gasteiger partial charge in [0, 0.05) is 0 Å². The van der Waals surface area contributed by atoms with Crippen molar-refractivity contribution in [3.8, 4) is 0 Å². The molecule has 0 heterocycles. The minimum absolute atomic E-state index is 0.831. The fourth-order valence-corrected chi connectivity index (χ4v) is 0.451. The highest BCUT2D eigenvalue weighted by atomic mass is 14.0. The van der Waals surface area contributed by atoms with Crippen LogP contribution in [-0.4, -0.2) is 0 Å². The molecule has 0 aliphatic carbocycles. The third-order valence-corrected chi connectivity index (χ3v) is 1.27. The minimum Gasteiger partial charge on any atom is -0.103 e. The van der Waals surface area contributed by atoms with Gasteiger partial charge in [-0.3, -0.25) is 0 Å². The number of allylic oxidation sites excluding steroid dienone is 2. The zero-order valence-corrected chi connectivity index (χ0v) is 7.56. The highest BCUT2D eigenvalue weighted by molar-refractivity contribution is 4.68. The third kappa shape index (κ3) is 15.6. The van der Waals surface area contributed by atoms with E-state index in [0.717, 1.165) is 12.3 Å². The fraction of sp³-hybridized carbons (Fsp3) is 0.600. The van der Waals surface area contributed by atoms with E-state index < -0.39 is 0 Å². The van der Waals surface area contributed by atoms with E-state index in [0.29, 0.717) is 0 Å². The van der Waals surface area contributed by atoms with E-state index in [2.05, 4.69) is 27.0 Å². The molecule has 0 aliphatic heterocycles. The van der Waals surface area contributed by atoms with Crippen LogP contribution in [0.15, 0.2) is 25.3 Å². The Morgan fingerprint density at radius 2 is 1.80 bits per heavy atom. The quantitative estimate of drug-likeness (QED) is 0.523. The predicted octanol–water partition coefficient (Wildman–Crippen LogP) is 3.80. The number of hydrogen-bond donors (Lipinski definition) is 0. The zero-order chi connectivity index (χ0) is 8.41. The molecule has 0 radical (unpaired) electrons. The maximum atomic E-state index is 3.65. The molecule has 10 heavy (non-hydrogen) atoms. The molecule has 0 saturated heterocycles. The molecule has 0 aromatic rings. The summed E-state index contributed by atoms with van der Waals surface area (Å²) < 4.78 is 0. The second-order valence-electron chi connectivity index (χ2n) is 2.45. The normalized spacial score (nSPS) is 10.7. The zero-order valence-electron chi connectivity index (χ0n) is 7.56. The van der Waals surface area contributed by atoms with E-state index in [1.165, 1.54) is 6.42 Å². The van der Waals surface area contributed by atoms with E-state index in [9.17, 15) is 0 Å². The van der Waals surface area contributed by atoms with Crippen LogP contribution < -0.4 is 0 Å². The predicted molar refractivity (Wildman–Crippen MR) is 50.1 cm³/mol. The first kappa shape index (κ1) is 12.2. The SMILES string of the molecule is C=CC.C=CCC(C)CC. The first-order chi connectivity index (χ1) is 4.72. The molecule has 0 spiro atoms. The van der Waals surface area contributed by atoms with Crippen molar-refractivity contribution in [2.45, 2.75) is 33.6 Å². The molecule has 0 bridgehead atoms. The lowest BCUT2D eigenvalue weighted by atomic mass is 10.1. The smallest absolute Gasteiger partial charge is 0.0328 e. The van der Waals surface area contributed by atoms with Gasteiger partial charge in [0.25, 0.3) is 0 Å². The molecule has 0 nitrogen and oxygen atoms in total. The number of hydrogen-bond acceptors (Lipinski definition) is 0. The first-order valence-electron chi connectivity index (χ1n) is 3.90. The van der Waals surface area contributed by atoms with E-state index in [1.54, 1.807) is 6.08 Å². The Balaban J connectivity index is 0. The molecule has 0 rings (SSSR count). The van der Waals surface area contributed by atoms with Crippen molar-refractivity contribution in [1.82, 2.24) is 0 Å². The van der Waals surface area contributed by atoms with E-state index in [4.69, 9.17) is 0 Å². The van der Waals surface area contributed by atoms with Gasteiger partial charge in [-0.05, 0) is 19.3 Å². The van der Waals surface area contributed by atoms with Crippen molar-refractivity contribution < 1.29 is 0 Å². The summed E-state index contributed by atoms with van der Waals surface area (Å²) in [6, 6.07) is 0. The largest absolute Gasteiger partial charge is 0.103 e. The van der Waals surface area contributed by atoms with Crippen molar-refractivity contribution in [1.29, 1.82) is 0 Å². The van der Waals surface area contributed by atoms with Gasteiger partial charge >= 0.3 is 0 Å². The lowest BCUT2D eigenvalue weighted by Gasteiger charge is -2.00. The van der Waals surface area contributed by atoms with E-state index in [1.807, 2.05) is 13.0 Å². The highest BCUT2D eigenvalue weighted by Crippen LogP contribution is 2.04. The van der Waals surface area contributed by atoms with Crippen LogP contribution in [0, 0.1) is 5.92 Å². The molecule has 0 heteroatoms. The first-order valence-corrected chi connectivity index (χ1v) is 3.90. The standard InChI is InChI=1S/C7H14.C3H6/c1-4-6-7(3)5-2;1-3-2/h4,7H,1,5-6H2,2-3H3;3H,1H2,2H3. The maximum absolute atomic E-state index is 3.65. The van der Waals surface area contributed by atoms with E-state index >= 15 is 0 Å². The van der Waals surface area contributed by atoms with Crippen molar-refractivity contribution in [3.05, 3.63) is 25.3 Å². The van der Waals surface area contributed by atoms with Gasteiger partial charge in [0.15, 0.2) is 0 Å². The molecule has 0 N–H and O–H groups in total. The van der Waals surface area contributed by atoms with Crippen molar-refractivity contribution in [2.24, 2.45) is 5.92 Å². The molecule has 1 atom stereocenters. The Labute approximate surface area is 65.7 Å². The van der Waals surface area contributed by atoms with Crippen LogP contribution in [-0.2, 0) is 0 Å². The molecular formula is C10H20. The van der Waals surface area contributed by atoms with Crippen molar-refractivity contribution in [2.75, 3.05) is 0 Å². The summed E-state index contributed by atoms with van der Waals surface area (Å²) in [6.45, 7) is 13.3. The summed E-state index contributed by atoms with van der Waals surface area (Å²) in [5, 5.41) is 0. The Hall–Kier alpha value is -0.520. The summed E-state index contributed by atoms with van der Waals surface area (Å²) in [5.74, 6) is 0.831. The van der Waals surface area contributed by atoms with Gasteiger partial charge in [0.05, 0.1) is 0 Å². The summed E-state index contributed by atoms with van der Waals surface area (Å²) in [6.07, 6.45) is 6.16. The highest BCUT2D eigenvalue weighted by Gasteiger charge is 1.90. The summed E-state index contributed by atoms with van der Waals surface area (Å²) in [4.78, 5) is 0. The molecule has 0 amide bonds. The van der Waals surface area contributed by atoms with Crippen LogP contribution in [0.4, 0.5) is 0 Å². The lowest BCUT2D eigenvalue weighted by molar-refractivity contribution is 0.572. The molecule has 0 aliphatic rings. The van der Waals surface area contributed by atoms with Crippen LogP contribution in [0.2, 0.25) is 0 Å². The lowest BCUT2D eigenvalue weighted by Crippen LogP contribution is -1.86. The van der Waals surface area contributed by atoms with E-state index in [-0.39, 0.29) is 0 Å². The van der Waals surface area contributed by atoms with Crippen LogP contribution in [0.1, 0.15) is 33.6 Å². The molecule has 0 aromatic heterocycles. The van der Waals surface area contributed by atoms with Crippen molar-refractivity contribution >= 4 is 0 Å². The average Bonchev–Trinajstić information content (AvgIpc) is 1.90. The Morgan fingerprint density at radius 3 is 1.90 bits per heavy atom. The topological polar surface area (TPSA) is 0 Å². The molecule has 0 fully saturated rings. The molecule has 0 saturated carbocycles. The Morgan fingerprint density at radius 1 is 1.40 bits per heavy atom. The molecule has 1 unspecified atom stereocenters. The van der Waals surface area contributed by atoms with Gasteiger partial charge in [0.2, 0.25) is 0 Å². The van der Waals surface area contributed by atoms with Crippen molar-refractivity contribution in [3.63, 3.8) is 0 Å². The Bertz CT molecular complexity index is 72.1. The van der Waals surface area contributed by atoms with Gasteiger partial charge in [-0.15, -0.1) is 13.2 Å². The molecular weight excluding hydrogens is 120 g/mol. The van der Waals surface area contributed by atoms with Crippen LogP contribution >= 0.6 is 0 Å². The second-order valence-corrected chi connectivity index (χ2v) is 2.45. The van der Waals surface area contributed by atoms with Gasteiger partial charge in [0.1, 0.15) is 0 Å². The third-order valence-electron chi connectivity index (χ3n) is 1.27.